The second-order valence-corrected chi connectivity index (χ2v) is 5.44. The summed E-state index contributed by atoms with van der Waals surface area (Å²) in [5, 5.41) is 0. The zero-order valence-electron chi connectivity index (χ0n) is 13.9. The van der Waals surface area contributed by atoms with Gasteiger partial charge in [0, 0.05) is 32.5 Å². The van der Waals surface area contributed by atoms with E-state index in [0.717, 1.165) is 31.6 Å². The zero-order chi connectivity index (χ0) is 16.7. The summed E-state index contributed by atoms with van der Waals surface area (Å²) in [7, 11) is 4.55. The maximum absolute atomic E-state index is 12.0. The molecule has 7 nitrogen and oxygen atoms in total. The predicted octanol–water partition coefficient (Wildman–Crippen LogP) is 1.71. The van der Waals surface area contributed by atoms with Crippen molar-refractivity contribution < 1.29 is 23.7 Å². The van der Waals surface area contributed by atoms with E-state index in [0.29, 0.717) is 30.8 Å². The first-order valence-corrected chi connectivity index (χ1v) is 7.63. The molecule has 0 unspecified atom stereocenters. The van der Waals surface area contributed by atoms with Gasteiger partial charge < -0.3 is 23.8 Å². The number of carbonyl (C=O) groups excluding carboxylic acids is 1. The van der Waals surface area contributed by atoms with Crippen LogP contribution in [0.25, 0.3) is 0 Å². The van der Waals surface area contributed by atoms with E-state index >= 15 is 0 Å². The molecule has 2 heterocycles. The minimum atomic E-state index is -0.388. The smallest absolute Gasteiger partial charge is 0.341 e. The van der Waals surface area contributed by atoms with E-state index < -0.39 is 0 Å². The summed E-state index contributed by atoms with van der Waals surface area (Å²) >= 11 is 0. The highest BCUT2D eigenvalue weighted by molar-refractivity contribution is 5.95. The first kappa shape index (κ1) is 17.5. The maximum Gasteiger partial charge on any atom is 0.341 e. The third kappa shape index (κ3) is 4.56. The highest BCUT2D eigenvalue weighted by Gasteiger charge is 2.24. The van der Waals surface area contributed by atoms with Crippen molar-refractivity contribution in [2.45, 2.75) is 12.8 Å². The Hall–Kier alpha value is -1.86. The number of piperidine rings is 1. The van der Waals surface area contributed by atoms with Gasteiger partial charge in [-0.1, -0.05) is 0 Å². The van der Waals surface area contributed by atoms with Gasteiger partial charge in [-0.3, -0.25) is 0 Å². The summed E-state index contributed by atoms with van der Waals surface area (Å²) in [6.07, 6.45) is 3.50. The average Bonchev–Trinajstić information content (AvgIpc) is 2.61. The molecule has 0 amide bonds. The third-order valence-electron chi connectivity index (χ3n) is 3.98. The van der Waals surface area contributed by atoms with E-state index in [1.54, 1.807) is 20.3 Å². The molecular weight excluding hydrogens is 300 g/mol. The molecule has 0 spiro atoms. The fourth-order valence-electron chi connectivity index (χ4n) is 2.71. The molecule has 1 aliphatic rings. The third-order valence-corrected chi connectivity index (χ3v) is 3.98. The molecule has 0 N–H and O–H groups in total. The van der Waals surface area contributed by atoms with Gasteiger partial charge in [0.2, 0.25) is 5.88 Å². The van der Waals surface area contributed by atoms with Crippen molar-refractivity contribution in [3.8, 4) is 5.88 Å². The monoisotopic (exact) mass is 324 g/mol. The Morgan fingerprint density at radius 3 is 2.65 bits per heavy atom. The van der Waals surface area contributed by atoms with Gasteiger partial charge in [0.1, 0.15) is 12.4 Å². The van der Waals surface area contributed by atoms with Crippen LogP contribution in [0, 0.1) is 5.92 Å². The minimum Gasteiger partial charge on any atom is -0.481 e. The van der Waals surface area contributed by atoms with Crippen molar-refractivity contribution in [1.82, 2.24) is 4.98 Å². The highest BCUT2D eigenvalue weighted by Crippen LogP contribution is 2.29. The number of methoxy groups -OCH3 is 3. The second kappa shape index (κ2) is 8.69. The largest absolute Gasteiger partial charge is 0.481 e. The predicted molar refractivity (Wildman–Crippen MR) is 84.9 cm³/mol. The molecule has 0 atom stereocenters. The van der Waals surface area contributed by atoms with Crippen molar-refractivity contribution in [1.29, 1.82) is 0 Å². The number of hydrogen-bond donors (Lipinski definition) is 0. The summed E-state index contributed by atoms with van der Waals surface area (Å²) < 4.78 is 20.4. The average molecular weight is 324 g/mol. The molecular formula is C16H24N2O5. The van der Waals surface area contributed by atoms with E-state index in [1.807, 2.05) is 0 Å². The van der Waals surface area contributed by atoms with Crippen LogP contribution in [-0.2, 0) is 14.2 Å². The maximum atomic E-state index is 12.0. The molecule has 1 aliphatic heterocycles. The van der Waals surface area contributed by atoms with E-state index in [9.17, 15) is 4.79 Å². The molecule has 2 rings (SSSR count). The van der Waals surface area contributed by atoms with Crippen LogP contribution in [0.4, 0.5) is 5.69 Å². The Labute approximate surface area is 136 Å². The van der Waals surface area contributed by atoms with Gasteiger partial charge in [0.15, 0.2) is 0 Å². The van der Waals surface area contributed by atoms with E-state index in [2.05, 4.69) is 9.88 Å². The Kier molecular flexibility index (Phi) is 6.61. The zero-order valence-corrected chi connectivity index (χ0v) is 13.9. The van der Waals surface area contributed by atoms with Crippen LogP contribution in [0.2, 0.25) is 0 Å². The van der Waals surface area contributed by atoms with Crippen LogP contribution >= 0.6 is 0 Å². The Morgan fingerprint density at radius 1 is 1.30 bits per heavy atom. The van der Waals surface area contributed by atoms with Crippen LogP contribution in [0.3, 0.4) is 0 Å². The van der Waals surface area contributed by atoms with Gasteiger partial charge in [-0.2, -0.15) is 0 Å². The van der Waals surface area contributed by atoms with Crippen LogP contribution in [-0.4, -0.2) is 58.8 Å². The first-order valence-electron chi connectivity index (χ1n) is 7.63. The molecule has 7 heteroatoms. The fourth-order valence-corrected chi connectivity index (χ4v) is 2.71. The molecule has 128 valence electrons. The lowest BCUT2D eigenvalue weighted by atomic mass is 9.97. The summed E-state index contributed by atoms with van der Waals surface area (Å²) in [6.45, 7) is 2.72. The Morgan fingerprint density at radius 2 is 2.04 bits per heavy atom. The van der Waals surface area contributed by atoms with E-state index in [1.165, 1.54) is 13.3 Å². The van der Waals surface area contributed by atoms with Gasteiger partial charge >= 0.3 is 5.97 Å². The number of carbonyl (C=O) groups is 1. The van der Waals surface area contributed by atoms with Crippen molar-refractivity contribution in [2.75, 3.05) is 52.7 Å². The van der Waals surface area contributed by atoms with Crippen molar-refractivity contribution in [3.63, 3.8) is 0 Å². The number of aromatic nitrogens is 1. The topological polar surface area (TPSA) is 70.1 Å². The number of esters is 1. The standard InChI is InChI=1S/C16H24N2O5/c1-20-11-23-10-12-4-6-18(7-5-12)14-8-15(21-2)17-9-13(14)16(19)22-3/h8-9,12H,4-7,10-11H2,1-3H3. The lowest BCUT2D eigenvalue weighted by Gasteiger charge is -2.34. The number of hydrogen-bond acceptors (Lipinski definition) is 7. The van der Waals surface area contributed by atoms with E-state index in [4.69, 9.17) is 18.9 Å². The molecule has 0 saturated carbocycles. The quantitative estimate of drug-likeness (QED) is 0.429. The Balaban J connectivity index is 2.05. The molecule has 23 heavy (non-hydrogen) atoms. The lowest BCUT2D eigenvalue weighted by molar-refractivity contribution is -0.0456. The molecule has 0 aromatic carbocycles. The molecule has 1 fully saturated rings. The molecule has 1 aromatic heterocycles. The van der Waals surface area contributed by atoms with Crippen LogP contribution in [0.15, 0.2) is 12.3 Å². The summed E-state index contributed by atoms with van der Waals surface area (Å²) in [5.41, 5.74) is 1.27. The summed E-state index contributed by atoms with van der Waals surface area (Å²) in [5.74, 6) is 0.602. The summed E-state index contributed by atoms with van der Waals surface area (Å²) in [4.78, 5) is 18.2. The fraction of sp³-hybridized carbons (Fsp3) is 0.625. The van der Waals surface area contributed by atoms with Gasteiger partial charge in [-0.25, -0.2) is 9.78 Å². The number of rotatable bonds is 7. The van der Waals surface area contributed by atoms with Gasteiger partial charge in [0.25, 0.3) is 0 Å². The molecule has 1 aromatic rings. The van der Waals surface area contributed by atoms with Crippen molar-refractivity contribution in [2.24, 2.45) is 5.92 Å². The number of anilines is 1. The minimum absolute atomic E-state index is 0.328. The SMILES string of the molecule is COCOCC1CCN(c2cc(OC)ncc2C(=O)OC)CC1. The normalized spacial score (nSPS) is 15.5. The van der Waals surface area contributed by atoms with Crippen molar-refractivity contribution in [3.05, 3.63) is 17.8 Å². The van der Waals surface area contributed by atoms with Gasteiger partial charge in [-0.15, -0.1) is 0 Å². The van der Waals surface area contributed by atoms with E-state index in [-0.39, 0.29) is 5.97 Å². The van der Waals surface area contributed by atoms with Gasteiger partial charge in [0.05, 0.1) is 26.5 Å². The highest BCUT2D eigenvalue weighted by atomic mass is 16.7. The van der Waals surface area contributed by atoms with Crippen molar-refractivity contribution >= 4 is 11.7 Å². The van der Waals surface area contributed by atoms with Crippen LogP contribution in [0.1, 0.15) is 23.2 Å². The molecule has 0 radical (unpaired) electrons. The number of ether oxygens (including phenoxy) is 4. The van der Waals surface area contributed by atoms with Crippen LogP contribution < -0.4 is 9.64 Å². The molecule has 0 bridgehead atoms. The van der Waals surface area contributed by atoms with Gasteiger partial charge in [-0.05, 0) is 18.8 Å². The Bertz CT molecular complexity index is 515. The van der Waals surface area contributed by atoms with Crippen LogP contribution in [0.5, 0.6) is 5.88 Å². The second-order valence-electron chi connectivity index (χ2n) is 5.44. The number of pyridine rings is 1. The molecule has 1 saturated heterocycles. The first-order chi connectivity index (χ1) is 11.2. The summed E-state index contributed by atoms with van der Waals surface area (Å²) in [6, 6.07) is 1.79. The lowest BCUT2D eigenvalue weighted by Crippen LogP contribution is -2.36. The number of nitrogens with zero attached hydrogens (tertiary/aromatic N) is 2. The molecule has 0 aliphatic carbocycles.